The summed E-state index contributed by atoms with van der Waals surface area (Å²) >= 11 is 0. The van der Waals surface area contributed by atoms with Gasteiger partial charge in [-0.25, -0.2) is 15.0 Å². The molecule has 0 aliphatic heterocycles. The van der Waals surface area contributed by atoms with E-state index in [2.05, 4.69) is 25.3 Å². The minimum Gasteiger partial charge on any atom is -0.348 e. The number of carbonyl (C=O) groups is 1. The Bertz CT molecular complexity index is 896. The van der Waals surface area contributed by atoms with Gasteiger partial charge in [0.2, 0.25) is 5.91 Å². The van der Waals surface area contributed by atoms with Crippen LogP contribution in [-0.2, 0) is 4.79 Å². The lowest BCUT2D eigenvalue weighted by Crippen LogP contribution is -2.30. The van der Waals surface area contributed by atoms with E-state index < -0.39 is 0 Å². The summed E-state index contributed by atoms with van der Waals surface area (Å²) in [5.74, 6) is 0.377. The molecule has 1 amide bonds. The van der Waals surface area contributed by atoms with E-state index in [-0.39, 0.29) is 12.5 Å². The predicted octanol–water partition coefficient (Wildman–Crippen LogP) is 1.30. The van der Waals surface area contributed by atoms with E-state index in [1.165, 1.54) is 12.7 Å². The van der Waals surface area contributed by atoms with Crippen LogP contribution >= 0.6 is 0 Å². The molecule has 0 radical (unpaired) electrons. The van der Waals surface area contributed by atoms with Crippen LogP contribution in [-0.4, -0.2) is 39.4 Å². The molecule has 0 fully saturated rings. The third kappa shape index (κ3) is 3.08. The number of nitrogens with one attached hydrogen (secondary N) is 2. The lowest BCUT2D eigenvalue weighted by molar-refractivity contribution is -0.114. The van der Waals surface area contributed by atoms with Gasteiger partial charge in [-0.3, -0.25) is 4.79 Å². The summed E-state index contributed by atoms with van der Waals surface area (Å²) in [5, 5.41) is 11.6. The number of aromatic nitrogens is 4. The molecule has 0 unspecified atom stereocenters. The number of H-pyrrole nitrogens is 1. The van der Waals surface area contributed by atoms with Gasteiger partial charge in [-0.15, -0.1) is 0 Å². The largest absolute Gasteiger partial charge is 0.348 e. The molecule has 0 saturated carbocycles. The standard InChI is InChI=1S/C15H13N7O/c1-22(15-13-14(18-8-17-13)19-9-20-15)7-12(23)21-11-4-2-3-10(5-11)6-16/h2-5,8-9H,7H2,1H3,(H,21,23)(H,17,18,19,20). The number of benzene rings is 1. The quantitative estimate of drug-likeness (QED) is 0.751. The molecule has 0 bridgehead atoms. The van der Waals surface area contributed by atoms with Crippen LogP contribution in [0, 0.1) is 11.3 Å². The van der Waals surface area contributed by atoms with Crippen molar-refractivity contribution >= 4 is 28.6 Å². The number of imidazole rings is 1. The number of aromatic amines is 1. The van der Waals surface area contributed by atoms with Gasteiger partial charge in [0.15, 0.2) is 11.5 Å². The van der Waals surface area contributed by atoms with Crippen LogP contribution in [0.25, 0.3) is 11.2 Å². The molecular weight excluding hydrogens is 294 g/mol. The maximum absolute atomic E-state index is 12.2. The fourth-order valence-electron chi connectivity index (χ4n) is 2.20. The molecule has 114 valence electrons. The highest BCUT2D eigenvalue weighted by Gasteiger charge is 2.13. The molecular formula is C15H13N7O. The summed E-state index contributed by atoms with van der Waals surface area (Å²) in [4.78, 5) is 29.1. The Hall–Kier alpha value is -3.47. The SMILES string of the molecule is CN(CC(=O)Nc1cccc(C#N)c1)c1ncnc2nc[nH]c12. The summed E-state index contributed by atoms with van der Waals surface area (Å²) in [6, 6.07) is 8.78. The molecule has 0 aliphatic rings. The predicted molar refractivity (Wildman–Crippen MR) is 84.7 cm³/mol. The molecule has 2 heterocycles. The summed E-state index contributed by atoms with van der Waals surface area (Å²) in [6.45, 7) is 0.0991. The van der Waals surface area contributed by atoms with Crippen molar-refractivity contribution in [1.82, 2.24) is 19.9 Å². The number of amides is 1. The summed E-state index contributed by atoms with van der Waals surface area (Å²) in [7, 11) is 1.76. The molecule has 8 nitrogen and oxygen atoms in total. The molecule has 8 heteroatoms. The van der Waals surface area contributed by atoms with Crippen LogP contribution in [0.4, 0.5) is 11.5 Å². The number of rotatable bonds is 4. The van der Waals surface area contributed by atoms with E-state index in [9.17, 15) is 4.79 Å². The maximum atomic E-state index is 12.2. The third-order valence-electron chi connectivity index (χ3n) is 3.22. The summed E-state index contributed by atoms with van der Waals surface area (Å²) < 4.78 is 0. The van der Waals surface area contributed by atoms with Crippen LogP contribution in [0.2, 0.25) is 0 Å². The van der Waals surface area contributed by atoms with Crippen molar-refractivity contribution in [2.75, 3.05) is 23.8 Å². The van der Waals surface area contributed by atoms with Crippen molar-refractivity contribution in [2.45, 2.75) is 0 Å². The van der Waals surface area contributed by atoms with Crippen LogP contribution in [0.15, 0.2) is 36.9 Å². The van der Waals surface area contributed by atoms with E-state index in [1.54, 1.807) is 36.2 Å². The number of fused-ring (bicyclic) bond motifs is 1. The van der Waals surface area contributed by atoms with E-state index in [4.69, 9.17) is 5.26 Å². The number of nitrogens with zero attached hydrogens (tertiary/aromatic N) is 5. The average molecular weight is 307 g/mol. The molecule has 2 N–H and O–H groups in total. The van der Waals surface area contributed by atoms with Gasteiger partial charge in [0.05, 0.1) is 24.5 Å². The number of likely N-dealkylation sites (N-methyl/N-ethyl adjacent to an activating group) is 1. The molecule has 1 aromatic carbocycles. The molecule has 0 spiro atoms. The van der Waals surface area contributed by atoms with Crippen molar-refractivity contribution in [3.63, 3.8) is 0 Å². The number of hydrogen-bond donors (Lipinski definition) is 2. The zero-order valence-electron chi connectivity index (χ0n) is 12.3. The van der Waals surface area contributed by atoms with Crippen LogP contribution in [0.5, 0.6) is 0 Å². The van der Waals surface area contributed by atoms with Gasteiger partial charge in [0.1, 0.15) is 11.8 Å². The van der Waals surface area contributed by atoms with Crippen molar-refractivity contribution in [2.24, 2.45) is 0 Å². The van der Waals surface area contributed by atoms with Crippen molar-refractivity contribution < 1.29 is 4.79 Å². The molecule has 0 atom stereocenters. The second-order valence-corrected chi connectivity index (χ2v) is 4.90. The Morgan fingerprint density at radius 2 is 2.26 bits per heavy atom. The van der Waals surface area contributed by atoms with Crippen LogP contribution < -0.4 is 10.2 Å². The number of nitriles is 1. The number of hydrogen-bond acceptors (Lipinski definition) is 6. The second kappa shape index (κ2) is 6.11. The van der Waals surface area contributed by atoms with Gasteiger partial charge >= 0.3 is 0 Å². The maximum Gasteiger partial charge on any atom is 0.243 e. The van der Waals surface area contributed by atoms with Gasteiger partial charge in [0.25, 0.3) is 0 Å². The molecule has 0 aliphatic carbocycles. The van der Waals surface area contributed by atoms with Crippen molar-refractivity contribution in [3.8, 4) is 6.07 Å². The summed E-state index contributed by atoms with van der Waals surface area (Å²) in [6.07, 6.45) is 2.94. The van der Waals surface area contributed by atoms with E-state index in [0.29, 0.717) is 28.2 Å². The normalized spacial score (nSPS) is 10.3. The molecule has 23 heavy (non-hydrogen) atoms. The first kappa shape index (κ1) is 14.5. The second-order valence-electron chi connectivity index (χ2n) is 4.90. The lowest BCUT2D eigenvalue weighted by Gasteiger charge is -2.17. The minimum atomic E-state index is -0.214. The Balaban J connectivity index is 1.72. The van der Waals surface area contributed by atoms with Gasteiger partial charge in [-0.05, 0) is 18.2 Å². The Kier molecular flexibility index (Phi) is 3.84. The van der Waals surface area contributed by atoms with E-state index in [0.717, 1.165) is 0 Å². The van der Waals surface area contributed by atoms with Crippen LogP contribution in [0.1, 0.15) is 5.56 Å². The van der Waals surface area contributed by atoms with Gasteiger partial charge in [-0.2, -0.15) is 5.26 Å². The van der Waals surface area contributed by atoms with Crippen molar-refractivity contribution in [1.29, 1.82) is 5.26 Å². The first-order valence-corrected chi connectivity index (χ1v) is 6.82. The van der Waals surface area contributed by atoms with Gasteiger partial charge < -0.3 is 15.2 Å². The van der Waals surface area contributed by atoms with E-state index in [1.807, 2.05) is 6.07 Å². The zero-order valence-corrected chi connectivity index (χ0v) is 12.3. The molecule has 0 saturated heterocycles. The van der Waals surface area contributed by atoms with Crippen LogP contribution in [0.3, 0.4) is 0 Å². The number of anilines is 2. The number of carbonyl (C=O) groups excluding carboxylic acids is 1. The highest BCUT2D eigenvalue weighted by molar-refractivity contribution is 5.95. The first-order valence-electron chi connectivity index (χ1n) is 6.82. The smallest absolute Gasteiger partial charge is 0.243 e. The topological polar surface area (TPSA) is 111 Å². The highest BCUT2D eigenvalue weighted by Crippen LogP contribution is 2.18. The van der Waals surface area contributed by atoms with Gasteiger partial charge in [0, 0.05) is 12.7 Å². The van der Waals surface area contributed by atoms with Gasteiger partial charge in [-0.1, -0.05) is 6.07 Å². The Morgan fingerprint density at radius 3 is 3.09 bits per heavy atom. The molecule has 3 aromatic rings. The Morgan fingerprint density at radius 1 is 1.39 bits per heavy atom. The summed E-state index contributed by atoms with van der Waals surface area (Å²) in [5.41, 5.74) is 2.29. The Labute approximate surface area is 131 Å². The third-order valence-corrected chi connectivity index (χ3v) is 3.22. The highest BCUT2D eigenvalue weighted by atomic mass is 16.2. The molecule has 3 rings (SSSR count). The zero-order chi connectivity index (χ0) is 16.2. The lowest BCUT2D eigenvalue weighted by atomic mass is 10.2. The monoisotopic (exact) mass is 307 g/mol. The van der Waals surface area contributed by atoms with E-state index >= 15 is 0 Å². The van der Waals surface area contributed by atoms with Crippen molar-refractivity contribution in [3.05, 3.63) is 42.5 Å². The minimum absolute atomic E-state index is 0.0991. The average Bonchev–Trinajstić information content (AvgIpc) is 3.03. The fourth-order valence-corrected chi connectivity index (χ4v) is 2.20. The fraction of sp³-hybridized carbons (Fsp3) is 0.133. The first-order chi connectivity index (χ1) is 11.2. The molecule has 2 aromatic heterocycles.